The lowest BCUT2D eigenvalue weighted by Gasteiger charge is -2.22. The minimum Gasteiger partial charge on any atom is -0.355 e. The number of likely N-dealkylation sites (N-methyl/N-ethyl adjacent to an activating group) is 2. The number of anilines is 1. The van der Waals surface area contributed by atoms with Crippen molar-refractivity contribution in [3.63, 3.8) is 0 Å². The summed E-state index contributed by atoms with van der Waals surface area (Å²) >= 11 is 9.40. The molecule has 0 aliphatic rings. The number of nitrogens with one attached hydrogen (secondary N) is 1. The minimum absolute atomic E-state index is 0.0323. The zero-order valence-corrected chi connectivity index (χ0v) is 12.2. The molecule has 0 bridgehead atoms. The third-order valence-electron chi connectivity index (χ3n) is 2.18. The van der Waals surface area contributed by atoms with Crippen molar-refractivity contribution in [3.8, 4) is 0 Å². The highest BCUT2D eigenvalue weighted by Gasteiger charge is 2.13. The predicted molar refractivity (Wildman–Crippen MR) is 73.5 cm³/mol. The van der Waals surface area contributed by atoms with Crippen LogP contribution in [0.15, 0.2) is 16.7 Å². The van der Waals surface area contributed by atoms with Crippen molar-refractivity contribution in [2.24, 2.45) is 0 Å². The average Bonchev–Trinajstić information content (AvgIpc) is 2.27. The summed E-state index contributed by atoms with van der Waals surface area (Å²) in [7, 11) is 0. The largest absolute Gasteiger partial charge is 0.355 e. The molecule has 1 rings (SSSR count). The van der Waals surface area contributed by atoms with Crippen LogP contribution in [-0.2, 0) is 4.79 Å². The van der Waals surface area contributed by atoms with Gasteiger partial charge < -0.3 is 10.2 Å². The summed E-state index contributed by atoms with van der Waals surface area (Å²) < 4.78 is 0.820. The minimum atomic E-state index is -0.0323. The second kappa shape index (κ2) is 6.81. The van der Waals surface area contributed by atoms with Crippen LogP contribution in [0.5, 0.6) is 0 Å². The molecule has 94 valence electrons. The smallest absolute Gasteiger partial charge is 0.239 e. The topological polar surface area (TPSA) is 45.2 Å². The Balaban J connectivity index is 2.82. The lowest BCUT2D eigenvalue weighted by atomic mass is 10.4. The van der Waals surface area contributed by atoms with Gasteiger partial charge in [-0.1, -0.05) is 11.6 Å². The number of carbonyl (C=O) groups excluding carboxylic acids is 1. The molecule has 0 saturated carbocycles. The molecule has 0 unspecified atom stereocenters. The van der Waals surface area contributed by atoms with Crippen LogP contribution >= 0.6 is 27.5 Å². The van der Waals surface area contributed by atoms with Crippen LogP contribution in [0, 0.1) is 0 Å². The van der Waals surface area contributed by atoms with E-state index in [1.807, 2.05) is 18.7 Å². The predicted octanol–water partition coefficient (Wildman–Crippen LogP) is 2.46. The van der Waals surface area contributed by atoms with Crippen molar-refractivity contribution in [1.29, 1.82) is 0 Å². The van der Waals surface area contributed by atoms with Crippen molar-refractivity contribution in [3.05, 3.63) is 21.8 Å². The zero-order valence-electron chi connectivity index (χ0n) is 9.83. The molecule has 0 fully saturated rings. The van der Waals surface area contributed by atoms with E-state index < -0.39 is 0 Å². The van der Waals surface area contributed by atoms with Gasteiger partial charge in [-0.05, 0) is 35.8 Å². The van der Waals surface area contributed by atoms with E-state index in [4.69, 9.17) is 11.6 Å². The maximum absolute atomic E-state index is 11.5. The molecule has 0 saturated heterocycles. The van der Waals surface area contributed by atoms with Gasteiger partial charge in [0.2, 0.25) is 5.91 Å². The van der Waals surface area contributed by atoms with Crippen molar-refractivity contribution in [1.82, 2.24) is 10.3 Å². The Morgan fingerprint density at radius 2 is 2.29 bits per heavy atom. The molecule has 1 aromatic heterocycles. The van der Waals surface area contributed by atoms with Gasteiger partial charge in [-0.25, -0.2) is 4.98 Å². The Bertz CT molecular complexity index is 400. The maximum atomic E-state index is 11.5. The summed E-state index contributed by atoms with van der Waals surface area (Å²) in [6.45, 7) is 5.40. The van der Waals surface area contributed by atoms with Crippen LogP contribution in [0.3, 0.4) is 0 Å². The van der Waals surface area contributed by atoms with Crippen molar-refractivity contribution in [2.75, 3.05) is 24.5 Å². The number of hydrogen-bond acceptors (Lipinski definition) is 3. The Kier molecular flexibility index (Phi) is 5.71. The molecule has 0 aromatic carbocycles. The van der Waals surface area contributed by atoms with Crippen molar-refractivity contribution in [2.45, 2.75) is 13.8 Å². The third-order valence-corrected chi connectivity index (χ3v) is 2.89. The Morgan fingerprint density at radius 1 is 1.59 bits per heavy atom. The number of nitrogens with zero attached hydrogens (tertiary/aromatic N) is 2. The van der Waals surface area contributed by atoms with Crippen LogP contribution < -0.4 is 10.2 Å². The molecular formula is C11H15BrClN3O. The van der Waals surface area contributed by atoms with E-state index in [-0.39, 0.29) is 12.5 Å². The molecule has 6 heteroatoms. The van der Waals surface area contributed by atoms with E-state index in [2.05, 4.69) is 26.2 Å². The number of halogens is 2. The summed E-state index contributed by atoms with van der Waals surface area (Å²) in [6, 6.07) is 1.77. The standard InChI is InChI=1S/C11H15BrClN3O/c1-3-14-10(17)7-16(4-2)11-9(13)5-8(12)6-15-11/h5-6H,3-4,7H2,1-2H3,(H,14,17). The first kappa shape index (κ1) is 14.3. The van der Waals surface area contributed by atoms with E-state index in [0.29, 0.717) is 23.9 Å². The quantitative estimate of drug-likeness (QED) is 0.906. The van der Waals surface area contributed by atoms with Gasteiger partial charge in [-0.15, -0.1) is 0 Å². The Labute approximate surface area is 114 Å². The Morgan fingerprint density at radius 3 is 2.82 bits per heavy atom. The van der Waals surface area contributed by atoms with Gasteiger partial charge in [0.25, 0.3) is 0 Å². The monoisotopic (exact) mass is 319 g/mol. The molecule has 1 amide bonds. The molecule has 0 aliphatic carbocycles. The van der Waals surface area contributed by atoms with Gasteiger partial charge in [0.1, 0.15) is 5.82 Å². The molecule has 1 N–H and O–H groups in total. The normalized spacial score (nSPS) is 10.1. The van der Waals surface area contributed by atoms with Crippen LogP contribution in [0.2, 0.25) is 5.02 Å². The van der Waals surface area contributed by atoms with E-state index >= 15 is 0 Å². The van der Waals surface area contributed by atoms with Crippen LogP contribution in [-0.4, -0.2) is 30.5 Å². The van der Waals surface area contributed by atoms with Crippen molar-refractivity contribution >= 4 is 39.3 Å². The first-order valence-electron chi connectivity index (χ1n) is 5.41. The van der Waals surface area contributed by atoms with Gasteiger partial charge in [-0.3, -0.25) is 4.79 Å². The molecule has 17 heavy (non-hydrogen) atoms. The summed E-state index contributed by atoms with van der Waals surface area (Å²) in [5.74, 6) is 0.596. The Hall–Kier alpha value is -0.810. The fourth-order valence-corrected chi connectivity index (χ4v) is 2.15. The van der Waals surface area contributed by atoms with Crippen LogP contribution in [0.1, 0.15) is 13.8 Å². The van der Waals surface area contributed by atoms with Gasteiger partial charge in [0.15, 0.2) is 0 Å². The van der Waals surface area contributed by atoms with Crippen LogP contribution in [0.4, 0.5) is 5.82 Å². The van der Waals surface area contributed by atoms with Gasteiger partial charge >= 0.3 is 0 Å². The van der Waals surface area contributed by atoms with E-state index in [0.717, 1.165) is 4.47 Å². The van der Waals surface area contributed by atoms with Gasteiger partial charge in [0, 0.05) is 23.8 Å². The summed E-state index contributed by atoms with van der Waals surface area (Å²) in [5, 5.41) is 3.28. The first-order valence-corrected chi connectivity index (χ1v) is 6.58. The second-order valence-corrected chi connectivity index (χ2v) is 4.75. The third kappa shape index (κ3) is 4.16. The highest BCUT2D eigenvalue weighted by molar-refractivity contribution is 9.10. The number of hydrogen-bond donors (Lipinski definition) is 1. The lowest BCUT2D eigenvalue weighted by molar-refractivity contribution is -0.119. The van der Waals surface area contributed by atoms with E-state index in [1.165, 1.54) is 0 Å². The number of pyridine rings is 1. The number of aromatic nitrogens is 1. The molecule has 0 radical (unpaired) electrons. The zero-order chi connectivity index (χ0) is 12.8. The van der Waals surface area contributed by atoms with Gasteiger partial charge in [-0.2, -0.15) is 0 Å². The number of carbonyl (C=O) groups is 1. The maximum Gasteiger partial charge on any atom is 0.239 e. The molecule has 1 aromatic rings. The van der Waals surface area contributed by atoms with Gasteiger partial charge in [0.05, 0.1) is 11.6 Å². The number of rotatable bonds is 5. The second-order valence-electron chi connectivity index (χ2n) is 3.43. The molecule has 1 heterocycles. The van der Waals surface area contributed by atoms with Crippen LogP contribution in [0.25, 0.3) is 0 Å². The molecule has 0 aliphatic heterocycles. The van der Waals surface area contributed by atoms with E-state index in [1.54, 1.807) is 12.3 Å². The first-order chi connectivity index (χ1) is 8.08. The molecule has 4 nitrogen and oxygen atoms in total. The molecule has 0 spiro atoms. The average molecular weight is 321 g/mol. The number of amides is 1. The SMILES string of the molecule is CCNC(=O)CN(CC)c1ncc(Br)cc1Cl. The summed E-state index contributed by atoms with van der Waals surface area (Å²) in [4.78, 5) is 17.6. The summed E-state index contributed by atoms with van der Waals surface area (Å²) in [5.41, 5.74) is 0. The molecular weight excluding hydrogens is 305 g/mol. The fourth-order valence-electron chi connectivity index (χ4n) is 1.40. The molecule has 0 atom stereocenters. The highest BCUT2D eigenvalue weighted by Crippen LogP contribution is 2.25. The lowest BCUT2D eigenvalue weighted by Crippen LogP contribution is -2.37. The van der Waals surface area contributed by atoms with Crippen molar-refractivity contribution < 1.29 is 4.79 Å². The van der Waals surface area contributed by atoms with E-state index in [9.17, 15) is 4.79 Å². The highest BCUT2D eigenvalue weighted by atomic mass is 79.9. The fraction of sp³-hybridized carbons (Fsp3) is 0.455. The summed E-state index contributed by atoms with van der Waals surface area (Å²) in [6.07, 6.45) is 1.67.